The quantitative estimate of drug-likeness (QED) is 0.475. The number of hydrogen-bond acceptors (Lipinski definition) is 5. The molecule has 0 atom stereocenters. The van der Waals surface area contributed by atoms with Gasteiger partial charge in [-0.15, -0.1) is 0 Å². The molecule has 0 unspecified atom stereocenters. The van der Waals surface area contributed by atoms with Crippen molar-refractivity contribution in [3.8, 4) is 0 Å². The maximum atomic E-state index is 13.5. The molecule has 0 radical (unpaired) electrons. The van der Waals surface area contributed by atoms with E-state index in [9.17, 15) is 23.1 Å². The Morgan fingerprint density at radius 3 is 2.46 bits per heavy atom. The number of aryl methyl sites for hydroxylation is 1. The Hall–Kier alpha value is -3.30. The lowest BCUT2D eigenvalue weighted by molar-refractivity contribution is -0.126. The molecule has 1 fully saturated rings. The smallest absolute Gasteiger partial charge is 0.336 e. The second kappa shape index (κ2) is 10.6. The zero-order chi connectivity index (χ0) is 26.0. The average molecular weight is 522 g/mol. The number of hydrogen-bond donors (Lipinski definition) is 2. The van der Waals surface area contributed by atoms with Gasteiger partial charge in [-0.25, -0.2) is 13.2 Å². The Bertz CT molecular complexity index is 1430. The summed E-state index contributed by atoms with van der Waals surface area (Å²) >= 11 is 0. The topological polar surface area (TPSA) is 117 Å². The molecule has 0 saturated carbocycles. The van der Waals surface area contributed by atoms with Gasteiger partial charge >= 0.3 is 5.97 Å². The van der Waals surface area contributed by atoms with E-state index in [0.717, 1.165) is 42.5 Å². The molecule has 194 valence electrons. The van der Waals surface area contributed by atoms with Gasteiger partial charge in [0.1, 0.15) is 0 Å². The largest absolute Gasteiger partial charge is 0.478 e. The average Bonchev–Trinajstić information content (AvgIpc) is 3.15. The Morgan fingerprint density at radius 1 is 1.00 bits per heavy atom. The van der Waals surface area contributed by atoms with Crippen molar-refractivity contribution in [1.82, 2.24) is 14.6 Å². The molecule has 5 rings (SSSR count). The fraction of sp³-hybridized carbons (Fsp3) is 0.393. The number of aromatic carboxylic acids is 1. The number of benzene rings is 2. The predicted molar refractivity (Wildman–Crippen MR) is 140 cm³/mol. The van der Waals surface area contributed by atoms with E-state index in [-0.39, 0.29) is 35.4 Å². The third kappa shape index (κ3) is 5.24. The minimum atomic E-state index is -3.85. The third-order valence-corrected chi connectivity index (χ3v) is 9.36. The van der Waals surface area contributed by atoms with Crippen LogP contribution in [0.4, 0.5) is 0 Å². The van der Waals surface area contributed by atoms with Gasteiger partial charge < -0.3 is 10.4 Å². The number of carbonyl (C=O) groups is 2. The maximum absolute atomic E-state index is 13.5. The molecule has 1 aliphatic heterocycles. The van der Waals surface area contributed by atoms with Crippen LogP contribution >= 0.6 is 0 Å². The van der Waals surface area contributed by atoms with Gasteiger partial charge in [0.05, 0.1) is 16.0 Å². The summed E-state index contributed by atoms with van der Waals surface area (Å²) in [6.45, 7) is 0.912. The first-order valence-corrected chi connectivity index (χ1v) is 14.3. The van der Waals surface area contributed by atoms with Gasteiger partial charge in [-0.05, 0) is 67.9 Å². The van der Waals surface area contributed by atoms with E-state index < -0.39 is 16.0 Å². The molecule has 2 aliphatic rings. The first-order chi connectivity index (χ1) is 17.8. The SMILES string of the molecule is O=C(O)c1c2c(nc3ccc(S(=O)(=O)N4CCC(C(=O)NCc5ccccc5)CC4)cc13)CCCCC2. The number of sulfonamides is 1. The summed E-state index contributed by atoms with van der Waals surface area (Å²) in [6, 6.07) is 14.2. The van der Waals surface area contributed by atoms with E-state index in [0.29, 0.717) is 36.7 Å². The van der Waals surface area contributed by atoms with Crippen LogP contribution in [0.2, 0.25) is 0 Å². The van der Waals surface area contributed by atoms with Crippen LogP contribution in [0.15, 0.2) is 53.4 Å². The van der Waals surface area contributed by atoms with Crippen LogP contribution in [0, 0.1) is 5.92 Å². The van der Waals surface area contributed by atoms with Crippen molar-refractivity contribution in [2.45, 2.75) is 56.4 Å². The minimum absolute atomic E-state index is 0.0600. The molecule has 1 aromatic heterocycles. The van der Waals surface area contributed by atoms with E-state index in [2.05, 4.69) is 5.32 Å². The number of rotatable bonds is 6. The Balaban J connectivity index is 1.33. The summed E-state index contributed by atoms with van der Waals surface area (Å²) in [5.74, 6) is -1.36. The van der Waals surface area contributed by atoms with Crippen molar-refractivity contribution in [2.24, 2.45) is 5.92 Å². The van der Waals surface area contributed by atoms with Crippen LogP contribution in [-0.4, -0.2) is 47.8 Å². The minimum Gasteiger partial charge on any atom is -0.478 e. The van der Waals surface area contributed by atoms with Crippen molar-refractivity contribution in [3.63, 3.8) is 0 Å². The summed E-state index contributed by atoms with van der Waals surface area (Å²) in [6.07, 6.45) is 5.12. The Kier molecular flexibility index (Phi) is 7.26. The van der Waals surface area contributed by atoms with Gasteiger partial charge in [0.2, 0.25) is 15.9 Å². The molecule has 0 spiro atoms. The van der Waals surface area contributed by atoms with Crippen LogP contribution in [0.1, 0.15) is 59.3 Å². The molecule has 1 amide bonds. The third-order valence-electron chi connectivity index (χ3n) is 7.47. The van der Waals surface area contributed by atoms with Gasteiger partial charge in [0.25, 0.3) is 0 Å². The number of piperidine rings is 1. The number of fused-ring (bicyclic) bond motifs is 2. The molecule has 1 aliphatic carbocycles. The zero-order valence-electron chi connectivity index (χ0n) is 20.7. The van der Waals surface area contributed by atoms with E-state index in [4.69, 9.17) is 4.98 Å². The van der Waals surface area contributed by atoms with Gasteiger partial charge in [0.15, 0.2) is 0 Å². The second-order valence-electron chi connectivity index (χ2n) is 9.84. The van der Waals surface area contributed by atoms with E-state index >= 15 is 0 Å². The predicted octanol–water partition coefficient (Wildman–Crippen LogP) is 3.92. The highest BCUT2D eigenvalue weighted by atomic mass is 32.2. The standard InChI is InChI=1S/C28H31N3O5S/c32-27(29-18-19-7-3-1-4-8-19)20-13-15-31(16-14-20)37(35,36)21-11-12-25-23(17-21)26(28(33)34)22-9-5-2-6-10-24(22)30-25/h1,3-4,7-8,11-12,17,20H,2,5-6,9-10,13-16,18H2,(H,29,32)(H,33,34). The van der Waals surface area contributed by atoms with Crippen molar-refractivity contribution in [3.05, 3.63) is 70.9 Å². The molecule has 0 bridgehead atoms. The fourth-order valence-electron chi connectivity index (χ4n) is 5.42. The van der Waals surface area contributed by atoms with E-state index in [1.807, 2.05) is 30.3 Å². The first kappa shape index (κ1) is 25.4. The lowest BCUT2D eigenvalue weighted by Gasteiger charge is -2.30. The summed E-state index contributed by atoms with van der Waals surface area (Å²) in [5, 5.41) is 13.4. The van der Waals surface area contributed by atoms with Gasteiger partial charge in [-0.3, -0.25) is 9.78 Å². The number of carbonyl (C=O) groups excluding carboxylic acids is 1. The number of amides is 1. The van der Waals surface area contributed by atoms with E-state index in [1.165, 1.54) is 16.4 Å². The fourth-order valence-corrected chi connectivity index (χ4v) is 6.92. The van der Waals surface area contributed by atoms with Crippen molar-refractivity contribution in [1.29, 1.82) is 0 Å². The molecular weight excluding hydrogens is 490 g/mol. The number of nitrogens with zero attached hydrogens (tertiary/aromatic N) is 2. The maximum Gasteiger partial charge on any atom is 0.336 e. The summed E-state index contributed by atoms with van der Waals surface area (Å²) in [4.78, 5) is 29.7. The zero-order valence-corrected chi connectivity index (χ0v) is 21.5. The normalized spacial score (nSPS) is 17.2. The lowest BCUT2D eigenvalue weighted by Crippen LogP contribution is -2.42. The van der Waals surface area contributed by atoms with Crippen LogP contribution in [0.25, 0.3) is 10.9 Å². The number of carboxylic acids is 1. The summed E-state index contributed by atoms with van der Waals surface area (Å²) in [7, 11) is -3.85. The molecule has 2 heterocycles. The van der Waals surface area contributed by atoms with Gasteiger partial charge in [0, 0.05) is 36.6 Å². The highest BCUT2D eigenvalue weighted by Crippen LogP contribution is 2.32. The highest BCUT2D eigenvalue weighted by molar-refractivity contribution is 7.89. The summed E-state index contributed by atoms with van der Waals surface area (Å²) in [5.41, 5.74) is 3.23. The van der Waals surface area contributed by atoms with Gasteiger partial charge in [-0.1, -0.05) is 36.8 Å². The lowest BCUT2D eigenvalue weighted by atomic mass is 9.97. The highest BCUT2D eigenvalue weighted by Gasteiger charge is 2.33. The Morgan fingerprint density at radius 2 is 1.73 bits per heavy atom. The van der Waals surface area contributed by atoms with Crippen LogP contribution < -0.4 is 5.32 Å². The van der Waals surface area contributed by atoms with Gasteiger partial charge in [-0.2, -0.15) is 4.31 Å². The number of carboxylic acid groups (broad SMARTS) is 1. The number of aromatic nitrogens is 1. The molecule has 9 heteroatoms. The molecule has 3 aromatic rings. The van der Waals surface area contributed by atoms with Crippen molar-refractivity contribution < 1.29 is 23.1 Å². The van der Waals surface area contributed by atoms with Crippen LogP contribution in [0.5, 0.6) is 0 Å². The molecule has 8 nitrogen and oxygen atoms in total. The number of pyridine rings is 1. The number of nitrogens with one attached hydrogen (secondary N) is 1. The van der Waals surface area contributed by atoms with Crippen molar-refractivity contribution >= 4 is 32.8 Å². The second-order valence-corrected chi connectivity index (χ2v) is 11.8. The van der Waals surface area contributed by atoms with E-state index in [1.54, 1.807) is 6.07 Å². The molecule has 1 saturated heterocycles. The molecular formula is C28H31N3O5S. The monoisotopic (exact) mass is 521 g/mol. The Labute approximate surface area is 216 Å². The molecule has 2 aromatic carbocycles. The first-order valence-electron chi connectivity index (χ1n) is 12.8. The molecule has 37 heavy (non-hydrogen) atoms. The van der Waals surface area contributed by atoms with Crippen molar-refractivity contribution in [2.75, 3.05) is 13.1 Å². The summed E-state index contributed by atoms with van der Waals surface area (Å²) < 4.78 is 28.4. The van der Waals surface area contributed by atoms with Crippen LogP contribution in [0.3, 0.4) is 0 Å². The molecule has 2 N–H and O–H groups in total. The van der Waals surface area contributed by atoms with Crippen LogP contribution in [-0.2, 0) is 34.2 Å².